The van der Waals surface area contributed by atoms with E-state index < -0.39 is 18.0 Å². The maximum absolute atomic E-state index is 12.4. The minimum atomic E-state index is -0.917. The molecule has 0 fully saturated rings. The number of fused-ring (bicyclic) bond motifs is 1. The maximum Gasteiger partial charge on any atom is 0.311 e. The lowest BCUT2D eigenvalue weighted by Crippen LogP contribution is -2.30. The van der Waals surface area contributed by atoms with Crippen LogP contribution in [0.15, 0.2) is 36.5 Å². The molecule has 0 aliphatic rings. The fraction of sp³-hybridized carbons (Fsp3) is 0.300. The first-order valence-corrected chi connectivity index (χ1v) is 8.70. The third kappa shape index (κ3) is 3.97. The van der Waals surface area contributed by atoms with Crippen LogP contribution in [0.2, 0.25) is 0 Å². The lowest BCUT2D eigenvalue weighted by molar-refractivity contribution is -0.152. The molecule has 1 amide bonds. The summed E-state index contributed by atoms with van der Waals surface area (Å²) in [5.74, 6) is -0.867. The quantitative estimate of drug-likeness (QED) is 0.702. The molecule has 0 saturated carbocycles. The molecule has 0 bridgehead atoms. The van der Waals surface area contributed by atoms with Gasteiger partial charge in [0, 0.05) is 18.6 Å². The fourth-order valence-electron chi connectivity index (χ4n) is 2.94. The van der Waals surface area contributed by atoms with E-state index in [4.69, 9.17) is 4.74 Å². The number of benzene rings is 1. The molecular weight excluding hydrogens is 344 g/mol. The molecule has 7 heteroatoms. The summed E-state index contributed by atoms with van der Waals surface area (Å²) in [4.78, 5) is 29.0. The summed E-state index contributed by atoms with van der Waals surface area (Å²) in [7, 11) is 1.81. The monoisotopic (exact) mass is 366 g/mol. The highest BCUT2D eigenvalue weighted by atomic mass is 16.5. The van der Waals surface area contributed by atoms with Crippen molar-refractivity contribution in [2.24, 2.45) is 7.05 Å². The van der Waals surface area contributed by atoms with Crippen molar-refractivity contribution < 1.29 is 14.3 Å². The number of esters is 1. The number of anilines is 1. The van der Waals surface area contributed by atoms with Gasteiger partial charge in [-0.1, -0.05) is 24.3 Å². The van der Waals surface area contributed by atoms with Crippen LogP contribution in [-0.4, -0.2) is 32.7 Å². The highest BCUT2D eigenvalue weighted by molar-refractivity contribution is 5.96. The topological polar surface area (TPSA) is 86.1 Å². The third-order valence-corrected chi connectivity index (χ3v) is 4.49. The van der Waals surface area contributed by atoms with Gasteiger partial charge in [0.05, 0.1) is 29.0 Å². The largest absolute Gasteiger partial charge is 0.452 e. The van der Waals surface area contributed by atoms with E-state index in [-0.39, 0.29) is 6.42 Å². The number of carbonyl (C=O) groups is 2. The van der Waals surface area contributed by atoms with Gasteiger partial charge in [-0.15, -0.1) is 0 Å². The second-order valence-corrected chi connectivity index (χ2v) is 6.46. The number of para-hydroxylation sites is 1. The van der Waals surface area contributed by atoms with Crippen molar-refractivity contribution in [2.45, 2.75) is 33.3 Å². The zero-order valence-corrected chi connectivity index (χ0v) is 15.8. The van der Waals surface area contributed by atoms with Crippen molar-refractivity contribution in [3.63, 3.8) is 0 Å². The second-order valence-electron chi connectivity index (χ2n) is 6.46. The molecule has 0 aliphatic carbocycles. The predicted octanol–water partition coefficient (Wildman–Crippen LogP) is 2.70. The van der Waals surface area contributed by atoms with Crippen LogP contribution < -0.4 is 5.32 Å². The highest BCUT2D eigenvalue weighted by Gasteiger charge is 2.21. The Hall–Kier alpha value is -3.22. The van der Waals surface area contributed by atoms with Crippen LogP contribution in [0, 0.1) is 13.8 Å². The summed E-state index contributed by atoms with van der Waals surface area (Å²) in [6.45, 7) is 5.22. The van der Waals surface area contributed by atoms with E-state index in [0.717, 1.165) is 22.2 Å². The van der Waals surface area contributed by atoms with Crippen molar-refractivity contribution in [3.05, 3.63) is 53.5 Å². The number of ether oxygens (including phenoxy) is 1. The Kier molecular flexibility index (Phi) is 5.21. The number of nitrogens with one attached hydrogen (secondary N) is 1. The lowest BCUT2D eigenvalue weighted by Gasteiger charge is -2.14. The van der Waals surface area contributed by atoms with Gasteiger partial charge in [-0.2, -0.15) is 5.10 Å². The number of rotatable bonds is 5. The van der Waals surface area contributed by atoms with Gasteiger partial charge in [-0.25, -0.2) is 0 Å². The van der Waals surface area contributed by atoms with Gasteiger partial charge in [-0.3, -0.25) is 19.3 Å². The molecule has 3 rings (SSSR count). The van der Waals surface area contributed by atoms with E-state index in [1.807, 2.05) is 44.2 Å². The molecule has 0 radical (unpaired) electrons. The number of pyridine rings is 1. The standard InChI is InChI=1S/C20H22N4O3/c1-12-18(13(2)24(4)23-12)22-20(26)14(3)27-17(25)11-16-8-5-7-15-9-6-10-21-19(15)16/h5-10,14H,11H2,1-4H3,(H,22,26). The summed E-state index contributed by atoms with van der Waals surface area (Å²) in [5.41, 5.74) is 3.72. The molecule has 1 unspecified atom stereocenters. The van der Waals surface area contributed by atoms with Crippen molar-refractivity contribution >= 4 is 28.5 Å². The average Bonchev–Trinajstić information content (AvgIpc) is 2.88. The second kappa shape index (κ2) is 7.57. The minimum Gasteiger partial charge on any atom is -0.452 e. The molecule has 0 spiro atoms. The van der Waals surface area contributed by atoms with Crippen molar-refractivity contribution in [1.29, 1.82) is 0 Å². The van der Waals surface area contributed by atoms with Gasteiger partial charge < -0.3 is 10.1 Å². The summed E-state index contributed by atoms with van der Waals surface area (Å²) in [6.07, 6.45) is 0.822. The Morgan fingerprint density at radius 1 is 1.22 bits per heavy atom. The smallest absolute Gasteiger partial charge is 0.311 e. The Balaban J connectivity index is 1.65. The molecule has 2 heterocycles. The molecule has 7 nitrogen and oxygen atoms in total. The SMILES string of the molecule is Cc1nn(C)c(C)c1NC(=O)C(C)OC(=O)Cc1cccc2cccnc12. The number of nitrogens with zero attached hydrogens (tertiary/aromatic N) is 3. The van der Waals surface area contributed by atoms with Crippen LogP contribution in [0.4, 0.5) is 5.69 Å². The van der Waals surface area contributed by atoms with Crippen molar-refractivity contribution in [1.82, 2.24) is 14.8 Å². The Labute approximate surface area is 157 Å². The molecule has 2 aromatic heterocycles. The van der Waals surface area contributed by atoms with Gasteiger partial charge in [0.15, 0.2) is 6.10 Å². The van der Waals surface area contributed by atoms with Crippen LogP contribution in [0.5, 0.6) is 0 Å². The first kappa shape index (κ1) is 18.6. The van der Waals surface area contributed by atoms with Crippen molar-refractivity contribution in [2.75, 3.05) is 5.32 Å². The van der Waals surface area contributed by atoms with Crippen LogP contribution in [-0.2, 0) is 27.8 Å². The van der Waals surface area contributed by atoms with Gasteiger partial charge in [-0.05, 0) is 32.4 Å². The first-order chi connectivity index (χ1) is 12.9. The zero-order valence-electron chi connectivity index (χ0n) is 15.8. The Morgan fingerprint density at radius 2 is 1.96 bits per heavy atom. The van der Waals surface area contributed by atoms with Gasteiger partial charge >= 0.3 is 5.97 Å². The summed E-state index contributed by atoms with van der Waals surface area (Å²) >= 11 is 0. The minimum absolute atomic E-state index is 0.0525. The summed E-state index contributed by atoms with van der Waals surface area (Å²) in [5, 5.41) is 8.00. The molecular formula is C20H22N4O3. The third-order valence-electron chi connectivity index (χ3n) is 4.49. The summed E-state index contributed by atoms with van der Waals surface area (Å²) in [6, 6.07) is 9.43. The van der Waals surface area contributed by atoms with E-state index in [1.165, 1.54) is 0 Å². The normalized spacial score (nSPS) is 12.0. The highest BCUT2D eigenvalue weighted by Crippen LogP contribution is 2.19. The Bertz CT molecular complexity index is 1000. The lowest BCUT2D eigenvalue weighted by atomic mass is 10.1. The number of hydrogen-bond acceptors (Lipinski definition) is 5. The maximum atomic E-state index is 12.4. The van der Waals surface area contributed by atoms with Gasteiger partial charge in [0.25, 0.3) is 5.91 Å². The van der Waals surface area contributed by atoms with Crippen molar-refractivity contribution in [3.8, 4) is 0 Å². The fourth-order valence-corrected chi connectivity index (χ4v) is 2.94. The van der Waals surface area contributed by atoms with E-state index in [0.29, 0.717) is 11.4 Å². The molecule has 1 aromatic carbocycles. The molecule has 1 N–H and O–H groups in total. The Morgan fingerprint density at radius 3 is 2.67 bits per heavy atom. The van der Waals surface area contributed by atoms with Crippen LogP contribution in [0.3, 0.4) is 0 Å². The number of aryl methyl sites for hydroxylation is 2. The number of amides is 1. The number of aromatic nitrogens is 3. The van der Waals surface area contributed by atoms with Crippen LogP contribution in [0.25, 0.3) is 10.9 Å². The number of carbonyl (C=O) groups excluding carboxylic acids is 2. The zero-order chi connectivity index (χ0) is 19.6. The predicted molar refractivity (Wildman–Crippen MR) is 102 cm³/mol. The van der Waals surface area contributed by atoms with E-state index >= 15 is 0 Å². The average molecular weight is 366 g/mol. The van der Waals surface area contributed by atoms with E-state index in [2.05, 4.69) is 15.4 Å². The number of hydrogen-bond donors (Lipinski definition) is 1. The molecule has 140 valence electrons. The van der Waals surface area contributed by atoms with Gasteiger partial charge in [0.1, 0.15) is 0 Å². The molecule has 1 atom stereocenters. The van der Waals surface area contributed by atoms with E-state index in [9.17, 15) is 9.59 Å². The van der Waals surface area contributed by atoms with Crippen LogP contribution in [0.1, 0.15) is 23.9 Å². The first-order valence-electron chi connectivity index (χ1n) is 8.70. The molecule has 0 saturated heterocycles. The van der Waals surface area contributed by atoms with Crippen LogP contribution >= 0.6 is 0 Å². The van der Waals surface area contributed by atoms with Gasteiger partial charge in [0.2, 0.25) is 0 Å². The molecule has 27 heavy (non-hydrogen) atoms. The van der Waals surface area contributed by atoms with E-state index in [1.54, 1.807) is 24.9 Å². The summed E-state index contributed by atoms with van der Waals surface area (Å²) < 4.78 is 7.01. The molecule has 0 aliphatic heterocycles. The molecule has 3 aromatic rings.